The van der Waals surface area contributed by atoms with Gasteiger partial charge in [-0.25, -0.2) is 4.98 Å². The first kappa shape index (κ1) is 19.9. The lowest BCUT2D eigenvalue weighted by Crippen LogP contribution is -2.37. The van der Waals surface area contributed by atoms with E-state index >= 15 is 0 Å². The number of pyridine rings is 2. The van der Waals surface area contributed by atoms with Crippen LogP contribution in [0.3, 0.4) is 0 Å². The Morgan fingerprint density at radius 2 is 1.86 bits per heavy atom. The summed E-state index contributed by atoms with van der Waals surface area (Å²) in [4.78, 5) is 8.24. The molecule has 6 nitrogen and oxygen atoms in total. The van der Waals surface area contributed by atoms with Gasteiger partial charge in [0.05, 0.1) is 12.7 Å². The maximum atomic E-state index is 10.2. The van der Waals surface area contributed by atoms with Crippen molar-refractivity contribution >= 4 is 0 Å². The maximum absolute atomic E-state index is 10.2. The van der Waals surface area contributed by atoms with E-state index in [-0.39, 0.29) is 12.6 Å². The molecule has 3 aromatic rings. The molecule has 0 aliphatic heterocycles. The summed E-state index contributed by atoms with van der Waals surface area (Å²) in [6.07, 6.45) is 4.98. The Bertz CT molecular complexity index is 856. The topological polar surface area (TPSA) is 87.5 Å². The molecule has 0 aliphatic rings. The molecular formula is C22H25N3O3. The Morgan fingerprint density at radius 1 is 1.07 bits per heavy atom. The Labute approximate surface area is 164 Å². The number of aliphatic hydroxyl groups excluding tert-OH is 2. The van der Waals surface area contributed by atoms with E-state index in [0.29, 0.717) is 24.6 Å². The van der Waals surface area contributed by atoms with Gasteiger partial charge in [-0.05, 0) is 43.2 Å². The molecule has 0 aliphatic carbocycles. The average molecular weight is 379 g/mol. The van der Waals surface area contributed by atoms with E-state index in [1.807, 2.05) is 49.4 Å². The van der Waals surface area contributed by atoms with Crippen LogP contribution in [-0.4, -0.2) is 39.4 Å². The first-order valence-electron chi connectivity index (χ1n) is 9.26. The van der Waals surface area contributed by atoms with Gasteiger partial charge in [0.2, 0.25) is 5.88 Å². The minimum Gasteiger partial charge on any atom is -0.439 e. The lowest BCUT2D eigenvalue weighted by molar-refractivity contribution is 0.158. The van der Waals surface area contributed by atoms with E-state index in [9.17, 15) is 10.2 Å². The molecular weight excluding hydrogens is 354 g/mol. The van der Waals surface area contributed by atoms with E-state index in [2.05, 4.69) is 15.3 Å². The Balaban J connectivity index is 1.54. The highest BCUT2D eigenvalue weighted by molar-refractivity contribution is 5.33. The van der Waals surface area contributed by atoms with Crippen LogP contribution >= 0.6 is 0 Å². The molecule has 0 saturated carbocycles. The van der Waals surface area contributed by atoms with Crippen LogP contribution in [0.1, 0.15) is 22.8 Å². The smallest absolute Gasteiger partial charge is 0.222 e. The molecule has 28 heavy (non-hydrogen) atoms. The van der Waals surface area contributed by atoms with Crippen molar-refractivity contribution in [3.63, 3.8) is 0 Å². The van der Waals surface area contributed by atoms with Gasteiger partial charge < -0.3 is 20.3 Å². The average Bonchev–Trinajstić information content (AvgIpc) is 2.74. The number of aromatic nitrogens is 2. The summed E-state index contributed by atoms with van der Waals surface area (Å²) >= 11 is 0. The summed E-state index contributed by atoms with van der Waals surface area (Å²) in [6.45, 7) is 2.27. The summed E-state index contributed by atoms with van der Waals surface area (Å²) in [7, 11) is 0. The summed E-state index contributed by atoms with van der Waals surface area (Å²) in [5.41, 5.74) is 2.79. The molecule has 0 saturated heterocycles. The second-order valence-corrected chi connectivity index (χ2v) is 6.67. The van der Waals surface area contributed by atoms with E-state index in [0.717, 1.165) is 16.7 Å². The Morgan fingerprint density at radius 3 is 2.54 bits per heavy atom. The van der Waals surface area contributed by atoms with Crippen molar-refractivity contribution in [2.75, 3.05) is 13.2 Å². The zero-order valence-corrected chi connectivity index (χ0v) is 15.8. The van der Waals surface area contributed by atoms with Crippen LogP contribution in [0.5, 0.6) is 11.6 Å². The first-order valence-corrected chi connectivity index (χ1v) is 9.26. The van der Waals surface area contributed by atoms with Crippen LogP contribution in [0, 0.1) is 6.92 Å². The van der Waals surface area contributed by atoms with Gasteiger partial charge in [0.15, 0.2) is 0 Å². The summed E-state index contributed by atoms with van der Waals surface area (Å²) in [5, 5.41) is 23.1. The quantitative estimate of drug-likeness (QED) is 0.530. The lowest BCUT2D eigenvalue weighted by atomic mass is 10.1. The molecule has 0 amide bonds. The molecule has 6 heteroatoms. The molecule has 146 valence electrons. The highest BCUT2D eigenvalue weighted by Crippen LogP contribution is 2.22. The maximum Gasteiger partial charge on any atom is 0.222 e. The van der Waals surface area contributed by atoms with E-state index in [4.69, 9.17) is 4.74 Å². The number of benzene rings is 1. The second-order valence-electron chi connectivity index (χ2n) is 6.67. The standard InChI is InChI=1S/C22H25N3O3/c1-16-4-2-11-24-22(16)28-20-8-6-17(7-9-20)12-19(15-26)25-14-21(27)18-5-3-10-23-13-18/h2-11,13,19,21,25-27H,12,14-15H2,1H3/t19-,21-/m0/s1. The monoisotopic (exact) mass is 379 g/mol. The first-order chi connectivity index (χ1) is 13.7. The molecule has 0 bridgehead atoms. The zero-order valence-electron chi connectivity index (χ0n) is 15.8. The van der Waals surface area contributed by atoms with Crippen LogP contribution in [0.25, 0.3) is 0 Å². The molecule has 0 unspecified atom stereocenters. The number of hydrogen-bond acceptors (Lipinski definition) is 6. The van der Waals surface area contributed by atoms with Gasteiger partial charge in [0.25, 0.3) is 0 Å². The number of aryl methyl sites for hydroxylation is 1. The summed E-state index contributed by atoms with van der Waals surface area (Å²) in [5.74, 6) is 1.31. The molecule has 1 aromatic carbocycles. The highest BCUT2D eigenvalue weighted by Gasteiger charge is 2.13. The van der Waals surface area contributed by atoms with Crippen LogP contribution in [-0.2, 0) is 6.42 Å². The van der Waals surface area contributed by atoms with Gasteiger partial charge in [-0.1, -0.05) is 24.3 Å². The van der Waals surface area contributed by atoms with Crippen molar-refractivity contribution in [1.29, 1.82) is 0 Å². The Hall–Kier alpha value is -2.80. The SMILES string of the molecule is Cc1cccnc1Oc1ccc(C[C@@H](CO)NC[C@H](O)c2cccnc2)cc1. The fourth-order valence-electron chi connectivity index (χ4n) is 2.84. The molecule has 2 atom stereocenters. The van der Waals surface area contributed by atoms with Crippen molar-refractivity contribution in [2.45, 2.75) is 25.5 Å². The van der Waals surface area contributed by atoms with E-state index < -0.39 is 6.10 Å². The van der Waals surface area contributed by atoms with Crippen LogP contribution in [0.2, 0.25) is 0 Å². The molecule has 0 spiro atoms. The van der Waals surface area contributed by atoms with Gasteiger partial charge in [-0.2, -0.15) is 0 Å². The third-order valence-corrected chi connectivity index (χ3v) is 4.47. The molecule has 3 N–H and O–H groups in total. The lowest BCUT2D eigenvalue weighted by Gasteiger charge is -2.19. The predicted molar refractivity (Wildman–Crippen MR) is 107 cm³/mol. The minimum absolute atomic E-state index is 0.0227. The molecule has 2 aromatic heterocycles. The van der Waals surface area contributed by atoms with Crippen LogP contribution in [0.4, 0.5) is 0 Å². The van der Waals surface area contributed by atoms with Crippen molar-refractivity contribution in [1.82, 2.24) is 15.3 Å². The van der Waals surface area contributed by atoms with E-state index in [1.54, 1.807) is 24.7 Å². The van der Waals surface area contributed by atoms with Gasteiger partial charge in [0, 0.05) is 42.3 Å². The van der Waals surface area contributed by atoms with Crippen molar-refractivity contribution in [2.24, 2.45) is 0 Å². The molecule has 0 radical (unpaired) electrons. The summed E-state index contributed by atoms with van der Waals surface area (Å²) in [6, 6.07) is 15.0. The van der Waals surface area contributed by atoms with E-state index in [1.165, 1.54) is 0 Å². The van der Waals surface area contributed by atoms with Gasteiger partial charge in [-0.3, -0.25) is 4.98 Å². The third-order valence-electron chi connectivity index (χ3n) is 4.47. The minimum atomic E-state index is -0.667. The number of ether oxygens (including phenoxy) is 1. The predicted octanol–water partition coefficient (Wildman–Crippen LogP) is 2.80. The molecule has 0 fully saturated rings. The normalized spacial score (nSPS) is 13.1. The van der Waals surface area contributed by atoms with Crippen molar-refractivity contribution < 1.29 is 14.9 Å². The highest BCUT2D eigenvalue weighted by atomic mass is 16.5. The number of hydrogen-bond donors (Lipinski definition) is 3. The van der Waals surface area contributed by atoms with Gasteiger partial charge >= 0.3 is 0 Å². The number of nitrogens with one attached hydrogen (secondary N) is 1. The fraction of sp³-hybridized carbons (Fsp3) is 0.273. The number of aliphatic hydroxyl groups is 2. The zero-order chi connectivity index (χ0) is 19.8. The molecule has 3 rings (SSSR count). The fourth-order valence-corrected chi connectivity index (χ4v) is 2.84. The van der Waals surface area contributed by atoms with Crippen LogP contribution < -0.4 is 10.1 Å². The van der Waals surface area contributed by atoms with Crippen molar-refractivity contribution in [3.8, 4) is 11.6 Å². The van der Waals surface area contributed by atoms with Crippen LogP contribution in [0.15, 0.2) is 67.1 Å². The van der Waals surface area contributed by atoms with Gasteiger partial charge in [0.1, 0.15) is 5.75 Å². The number of rotatable bonds is 9. The second kappa shape index (κ2) is 9.94. The summed E-state index contributed by atoms with van der Waals surface area (Å²) < 4.78 is 5.81. The largest absolute Gasteiger partial charge is 0.439 e. The number of nitrogens with zero attached hydrogens (tertiary/aromatic N) is 2. The van der Waals surface area contributed by atoms with Gasteiger partial charge in [-0.15, -0.1) is 0 Å². The molecule has 2 heterocycles. The third kappa shape index (κ3) is 5.60. The van der Waals surface area contributed by atoms with Crippen molar-refractivity contribution in [3.05, 3.63) is 83.8 Å². The Kier molecular flexibility index (Phi) is 7.08.